The third-order valence-electron chi connectivity index (χ3n) is 2.13. The zero-order valence-corrected chi connectivity index (χ0v) is 8.70. The Morgan fingerprint density at radius 1 is 1.29 bits per heavy atom. The molecule has 0 aliphatic rings. The lowest BCUT2D eigenvalue weighted by atomic mass is 10.1. The molecule has 3 heteroatoms. The summed E-state index contributed by atoms with van der Waals surface area (Å²) in [5.41, 5.74) is 6.90. The number of nitrogen functional groups attached to an aromatic ring is 1. The van der Waals surface area contributed by atoms with Gasteiger partial charge in [0.1, 0.15) is 6.17 Å². The van der Waals surface area contributed by atoms with E-state index in [9.17, 15) is 4.39 Å². The molecule has 14 heavy (non-hydrogen) atoms. The van der Waals surface area contributed by atoms with Crippen molar-refractivity contribution in [2.24, 2.45) is 0 Å². The van der Waals surface area contributed by atoms with Gasteiger partial charge in [-0.15, -0.1) is 0 Å². The standard InChI is InChI=1S/C11H17FN2/c1-14(2)8-7-11(12)9-3-5-10(13)6-4-9/h3-6,11H,7-8,13H2,1-2H3. The van der Waals surface area contributed by atoms with Crippen molar-refractivity contribution in [2.45, 2.75) is 12.6 Å². The Morgan fingerprint density at radius 3 is 2.36 bits per heavy atom. The van der Waals surface area contributed by atoms with E-state index in [1.807, 2.05) is 19.0 Å². The molecule has 78 valence electrons. The summed E-state index contributed by atoms with van der Waals surface area (Å²) in [5, 5.41) is 0. The number of halogens is 1. The maximum Gasteiger partial charge on any atom is 0.126 e. The highest BCUT2D eigenvalue weighted by molar-refractivity contribution is 5.39. The van der Waals surface area contributed by atoms with Crippen molar-refractivity contribution in [2.75, 3.05) is 26.4 Å². The minimum Gasteiger partial charge on any atom is -0.399 e. The first-order chi connectivity index (χ1) is 6.59. The Balaban J connectivity index is 2.52. The summed E-state index contributed by atoms with van der Waals surface area (Å²) in [7, 11) is 3.88. The number of benzene rings is 1. The fraction of sp³-hybridized carbons (Fsp3) is 0.455. The molecule has 0 amide bonds. The van der Waals surface area contributed by atoms with Crippen LogP contribution in [0.5, 0.6) is 0 Å². The fourth-order valence-corrected chi connectivity index (χ4v) is 1.24. The van der Waals surface area contributed by atoms with Gasteiger partial charge < -0.3 is 10.6 Å². The van der Waals surface area contributed by atoms with Crippen LogP contribution in [0.25, 0.3) is 0 Å². The van der Waals surface area contributed by atoms with Crippen LogP contribution in [0.3, 0.4) is 0 Å². The molecular weight excluding hydrogens is 179 g/mol. The van der Waals surface area contributed by atoms with Gasteiger partial charge in [-0.2, -0.15) is 0 Å². The van der Waals surface area contributed by atoms with Gasteiger partial charge in [0.25, 0.3) is 0 Å². The van der Waals surface area contributed by atoms with Crippen LogP contribution in [0.4, 0.5) is 10.1 Å². The Bertz CT molecular complexity index is 269. The van der Waals surface area contributed by atoms with Crippen molar-refractivity contribution in [3.63, 3.8) is 0 Å². The molecule has 0 bridgehead atoms. The lowest BCUT2D eigenvalue weighted by Crippen LogP contribution is -2.14. The van der Waals surface area contributed by atoms with E-state index in [0.29, 0.717) is 17.7 Å². The van der Waals surface area contributed by atoms with E-state index >= 15 is 0 Å². The molecule has 1 atom stereocenters. The van der Waals surface area contributed by atoms with E-state index in [-0.39, 0.29) is 0 Å². The van der Waals surface area contributed by atoms with Crippen LogP contribution >= 0.6 is 0 Å². The first kappa shape index (κ1) is 11.0. The molecule has 1 rings (SSSR count). The van der Waals surface area contributed by atoms with Crippen LogP contribution in [0, 0.1) is 0 Å². The summed E-state index contributed by atoms with van der Waals surface area (Å²) in [5.74, 6) is 0. The van der Waals surface area contributed by atoms with Crippen LogP contribution < -0.4 is 5.73 Å². The van der Waals surface area contributed by atoms with Gasteiger partial charge in [-0.3, -0.25) is 0 Å². The molecule has 0 spiro atoms. The fourth-order valence-electron chi connectivity index (χ4n) is 1.24. The molecule has 1 aromatic rings. The quantitative estimate of drug-likeness (QED) is 0.748. The molecule has 0 fully saturated rings. The monoisotopic (exact) mass is 196 g/mol. The molecule has 0 saturated carbocycles. The maximum atomic E-state index is 13.6. The predicted octanol–water partition coefficient (Wildman–Crippen LogP) is 2.23. The van der Waals surface area contributed by atoms with Crippen LogP contribution in [0.1, 0.15) is 18.2 Å². The molecule has 0 aliphatic carbocycles. The van der Waals surface area contributed by atoms with Gasteiger partial charge >= 0.3 is 0 Å². The first-order valence-electron chi connectivity index (χ1n) is 4.74. The summed E-state index contributed by atoms with van der Waals surface area (Å²) >= 11 is 0. The average Bonchev–Trinajstić information content (AvgIpc) is 2.15. The molecule has 1 aromatic carbocycles. The second-order valence-electron chi connectivity index (χ2n) is 3.73. The minimum absolute atomic E-state index is 0.525. The van der Waals surface area contributed by atoms with E-state index in [1.165, 1.54) is 0 Å². The summed E-state index contributed by atoms with van der Waals surface area (Å²) in [6.45, 7) is 0.755. The van der Waals surface area contributed by atoms with Gasteiger partial charge in [0, 0.05) is 12.2 Å². The number of nitrogens with two attached hydrogens (primary N) is 1. The summed E-state index contributed by atoms with van der Waals surface area (Å²) < 4.78 is 13.6. The number of hydrogen-bond donors (Lipinski definition) is 1. The maximum absolute atomic E-state index is 13.6. The summed E-state index contributed by atoms with van der Waals surface area (Å²) in [6.07, 6.45) is -0.366. The summed E-state index contributed by atoms with van der Waals surface area (Å²) in [6, 6.07) is 6.96. The number of rotatable bonds is 4. The predicted molar refractivity (Wildman–Crippen MR) is 57.9 cm³/mol. The van der Waals surface area contributed by atoms with Gasteiger partial charge in [-0.1, -0.05) is 12.1 Å². The zero-order valence-electron chi connectivity index (χ0n) is 8.70. The molecule has 2 N–H and O–H groups in total. The topological polar surface area (TPSA) is 29.3 Å². The average molecular weight is 196 g/mol. The van der Waals surface area contributed by atoms with Crippen molar-refractivity contribution in [1.29, 1.82) is 0 Å². The number of nitrogens with zero attached hydrogens (tertiary/aromatic N) is 1. The van der Waals surface area contributed by atoms with Gasteiger partial charge in [-0.05, 0) is 38.2 Å². The lowest BCUT2D eigenvalue weighted by molar-refractivity contribution is 0.278. The SMILES string of the molecule is CN(C)CCC(F)c1ccc(N)cc1. The Hall–Kier alpha value is -1.09. The van der Waals surface area contributed by atoms with Crippen molar-refractivity contribution < 1.29 is 4.39 Å². The van der Waals surface area contributed by atoms with Crippen LogP contribution in [0.2, 0.25) is 0 Å². The van der Waals surface area contributed by atoms with Crippen LogP contribution in [0.15, 0.2) is 24.3 Å². The highest BCUT2D eigenvalue weighted by Crippen LogP contribution is 2.21. The molecule has 1 unspecified atom stereocenters. The molecule has 0 saturated heterocycles. The van der Waals surface area contributed by atoms with Gasteiger partial charge in [-0.25, -0.2) is 4.39 Å². The second kappa shape index (κ2) is 4.96. The van der Waals surface area contributed by atoms with Crippen LogP contribution in [-0.2, 0) is 0 Å². The number of anilines is 1. The Morgan fingerprint density at radius 2 is 1.86 bits per heavy atom. The van der Waals surface area contributed by atoms with Gasteiger partial charge in [0.2, 0.25) is 0 Å². The number of alkyl halides is 1. The molecule has 0 radical (unpaired) electrons. The van der Waals surface area contributed by atoms with Crippen molar-refractivity contribution in [3.8, 4) is 0 Å². The van der Waals surface area contributed by atoms with Crippen molar-refractivity contribution in [3.05, 3.63) is 29.8 Å². The number of hydrogen-bond acceptors (Lipinski definition) is 2. The van der Waals surface area contributed by atoms with Crippen LogP contribution in [-0.4, -0.2) is 25.5 Å². The third-order valence-corrected chi connectivity index (χ3v) is 2.13. The first-order valence-corrected chi connectivity index (χ1v) is 4.74. The van der Waals surface area contributed by atoms with E-state index in [0.717, 1.165) is 6.54 Å². The third kappa shape index (κ3) is 3.34. The van der Waals surface area contributed by atoms with Crippen molar-refractivity contribution >= 4 is 5.69 Å². The van der Waals surface area contributed by atoms with E-state index < -0.39 is 6.17 Å². The Labute approximate surface area is 84.5 Å². The molecular formula is C11H17FN2. The van der Waals surface area contributed by atoms with E-state index in [1.54, 1.807) is 24.3 Å². The molecule has 2 nitrogen and oxygen atoms in total. The van der Waals surface area contributed by atoms with Gasteiger partial charge in [0.05, 0.1) is 0 Å². The molecule has 0 heterocycles. The largest absolute Gasteiger partial charge is 0.399 e. The minimum atomic E-state index is -0.891. The van der Waals surface area contributed by atoms with E-state index in [2.05, 4.69) is 0 Å². The summed E-state index contributed by atoms with van der Waals surface area (Å²) in [4.78, 5) is 1.98. The zero-order chi connectivity index (χ0) is 10.6. The second-order valence-corrected chi connectivity index (χ2v) is 3.73. The highest BCUT2D eigenvalue weighted by Gasteiger charge is 2.09. The van der Waals surface area contributed by atoms with Crippen molar-refractivity contribution in [1.82, 2.24) is 4.90 Å². The van der Waals surface area contributed by atoms with Gasteiger partial charge in [0.15, 0.2) is 0 Å². The highest BCUT2D eigenvalue weighted by atomic mass is 19.1. The normalized spacial score (nSPS) is 13.1. The lowest BCUT2D eigenvalue weighted by Gasteiger charge is -2.12. The molecule has 0 aromatic heterocycles. The smallest absolute Gasteiger partial charge is 0.126 e. The molecule has 0 aliphatic heterocycles. The van der Waals surface area contributed by atoms with E-state index in [4.69, 9.17) is 5.73 Å². The Kier molecular flexibility index (Phi) is 3.89.